The largest absolute Gasteiger partial charge is 0.357 e. The molecule has 0 bridgehead atoms. The van der Waals surface area contributed by atoms with Gasteiger partial charge in [0.2, 0.25) is 9.84 Å². The molecule has 0 aliphatic heterocycles. The van der Waals surface area contributed by atoms with Crippen molar-refractivity contribution in [2.75, 3.05) is 6.54 Å². The number of halogens is 1. The quantitative estimate of drug-likeness (QED) is 0.489. The predicted octanol–water partition coefficient (Wildman–Crippen LogP) is 0.622. The van der Waals surface area contributed by atoms with Gasteiger partial charge >= 0.3 is 4.39 Å². The Morgan fingerprint density at radius 2 is 1.88 bits per heavy atom. The van der Waals surface area contributed by atoms with E-state index in [9.17, 15) is 23.6 Å². The predicted molar refractivity (Wildman–Crippen MR) is 56.3 cm³/mol. The third-order valence-electron chi connectivity index (χ3n) is 1.79. The van der Waals surface area contributed by atoms with Crippen LogP contribution in [0.5, 0.6) is 0 Å². The lowest BCUT2D eigenvalue weighted by Crippen LogP contribution is -2.39. The number of aliphatic hydroxyl groups is 1. The lowest BCUT2D eigenvalue weighted by atomic mass is 10.4. The second-order valence-electron chi connectivity index (χ2n) is 3.00. The van der Waals surface area contributed by atoms with Gasteiger partial charge in [-0.3, -0.25) is 10.1 Å². The van der Waals surface area contributed by atoms with Crippen LogP contribution in [0.4, 0.5) is 0 Å². The SMILES string of the molecule is O=[N+]([O-])CC(O)(Cl)S(=O)(=O)c1ccccc1. The Labute approximate surface area is 96.5 Å². The van der Waals surface area contributed by atoms with Gasteiger partial charge in [0, 0.05) is 4.92 Å². The van der Waals surface area contributed by atoms with Gasteiger partial charge in [0.15, 0.2) is 0 Å². The molecule has 1 aromatic carbocycles. The highest BCUT2D eigenvalue weighted by Crippen LogP contribution is 2.27. The highest BCUT2D eigenvalue weighted by Gasteiger charge is 2.46. The minimum atomic E-state index is -4.35. The van der Waals surface area contributed by atoms with E-state index >= 15 is 0 Å². The van der Waals surface area contributed by atoms with Crippen LogP contribution >= 0.6 is 11.6 Å². The number of alkyl halides is 1. The highest BCUT2D eigenvalue weighted by atomic mass is 35.5. The van der Waals surface area contributed by atoms with E-state index in [1.807, 2.05) is 0 Å². The molecule has 0 spiro atoms. The molecule has 0 saturated heterocycles. The Bertz CT molecular complexity index is 484. The summed E-state index contributed by atoms with van der Waals surface area (Å²) in [5, 5.41) is 19.6. The lowest BCUT2D eigenvalue weighted by Gasteiger charge is -2.16. The molecule has 0 heterocycles. The van der Waals surface area contributed by atoms with E-state index in [4.69, 9.17) is 11.6 Å². The minimum Gasteiger partial charge on any atom is -0.357 e. The van der Waals surface area contributed by atoms with Crippen molar-refractivity contribution in [3.8, 4) is 0 Å². The Morgan fingerprint density at radius 1 is 1.38 bits per heavy atom. The molecular weight excluding hydrogens is 258 g/mol. The number of sulfone groups is 1. The molecule has 0 aliphatic carbocycles. The van der Waals surface area contributed by atoms with Crippen molar-refractivity contribution in [3.63, 3.8) is 0 Å². The maximum atomic E-state index is 11.7. The van der Waals surface area contributed by atoms with Crippen molar-refractivity contribution in [1.29, 1.82) is 0 Å². The molecule has 0 aliphatic rings. The molecule has 1 atom stereocenters. The zero-order valence-corrected chi connectivity index (χ0v) is 9.48. The van der Waals surface area contributed by atoms with Crippen molar-refractivity contribution in [2.45, 2.75) is 9.29 Å². The van der Waals surface area contributed by atoms with E-state index in [2.05, 4.69) is 0 Å². The van der Waals surface area contributed by atoms with Crippen LogP contribution in [0.1, 0.15) is 0 Å². The van der Waals surface area contributed by atoms with Gasteiger partial charge in [0.1, 0.15) is 0 Å². The van der Waals surface area contributed by atoms with Gasteiger partial charge in [-0.25, -0.2) is 8.42 Å². The molecule has 6 nitrogen and oxygen atoms in total. The van der Waals surface area contributed by atoms with Crippen LogP contribution in [0.25, 0.3) is 0 Å². The van der Waals surface area contributed by atoms with Crippen LogP contribution in [-0.4, -0.2) is 29.4 Å². The van der Waals surface area contributed by atoms with Gasteiger partial charge in [-0.2, -0.15) is 0 Å². The molecule has 0 radical (unpaired) electrons. The van der Waals surface area contributed by atoms with Crippen LogP contribution in [-0.2, 0) is 9.84 Å². The van der Waals surface area contributed by atoms with Crippen LogP contribution in [0.15, 0.2) is 35.2 Å². The van der Waals surface area contributed by atoms with E-state index in [-0.39, 0.29) is 4.90 Å². The summed E-state index contributed by atoms with van der Waals surface area (Å²) in [6, 6.07) is 6.81. The fourth-order valence-electron chi connectivity index (χ4n) is 1.02. The second-order valence-corrected chi connectivity index (χ2v) is 6.00. The summed E-state index contributed by atoms with van der Waals surface area (Å²) in [6.07, 6.45) is 0. The zero-order chi connectivity index (χ0) is 12.4. The summed E-state index contributed by atoms with van der Waals surface area (Å²) in [4.78, 5) is 8.93. The van der Waals surface area contributed by atoms with E-state index in [0.717, 1.165) is 0 Å². The van der Waals surface area contributed by atoms with E-state index in [0.29, 0.717) is 0 Å². The lowest BCUT2D eigenvalue weighted by molar-refractivity contribution is -0.488. The average Bonchev–Trinajstić information content (AvgIpc) is 2.17. The fraction of sp³-hybridized carbons (Fsp3) is 0.250. The van der Waals surface area contributed by atoms with Crippen LogP contribution in [0.3, 0.4) is 0 Å². The Kier molecular flexibility index (Phi) is 3.51. The van der Waals surface area contributed by atoms with Crippen LogP contribution in [0, 0.1) is 10.1 Å². The molecule has 0 aromatic heterocycles. The minimum absolute atomic E-state index is 0.269. The normalized spacial score (nSPS) is 15.4. The summed E-state index contributed by atoms with van der Waals surface area (Å²) in [7, 11) is -4.35. The molecule has 0 saturated carbocycles. The van der Waals surface area contributed by atoms with Gasteiger partial charge < -0.3 is 5.11 Å². The van der Waals surface area contributed by atoms with Crippen molar-refractivity contribution in [2.24, 2.45) is 0 Å². The van der Waals surface area contributed by atoms with E-state index in [1.54, 1.807) is 6.07 Å². The number of nitrogens with zero attached hydrogens (tertiary/aromatic N) is 1. The van der Waals surface area contributed by atoms with Gasteiger partial charge in [0.25, 0.3) is 6.54 Å². The zero-order valence-electron chi connectivity index (χ0n) is 7.91. The Morgan fingerprint density at radius 3 is 2.31 bits per heavy atom. The average molecular weight is 266 g/mol. The maximum absolute atomic E-state index is 11.7. The molecule has 0 fully saturated rings. The summed E-state index contributed by atoms with van der Waals surface area (Å²) >= 11 is 5.28. The number of hydrogen-bond donors (Lipinski definition) is 1. The molecule has 16 heavy (non-hydrogen) atoms. The van der Waals surface area contributed by atoms with Crippen molar-refractivity contribution in [1.82, 2.24) is 0 Å². The van der Waals surface area contributed by atoms with Crippen LogP contribution < -0.4 is 0 Å². The number of nitro groups is 1. The Hall–Kier alpha value is -1.18. The Balaban J connectivity index is 3.17. The maximum Gasteiger partial charge on any atom is 0.311 e. The third-order valence-corrected chi connectivity index (χ3v) is 4.36. The monoisotopic (exact) mass is 265 g/mol. The number of rotatable bonds is 4. The smallest absolute Gasteiger partial charge is 0.311 e. The molecule has 0 amide bonds. The molecule has 1 aromatic rings. The molecule has 8 heteroatoms. The first-order valence-electron chi connectivity index (χ1n) is 4.10. The number of hydrogen-bond acceptors (Lipinski definition) is 5. The van der Waals surface area contributed by atoms with Gasteiger partial charge in [-0.05, 0) is 12.1 Å². The van der Waals surface area contributed by atoms with Gasteiger partial charge in [-0.15, -0.1) is 0 Å². The first-order chi connectivity index (χ1) is 7.27. The number of benzene rings is 1. The van der Waals surface area contributed by atoms with Gasteiger partial charge in [-0.1, -0.05) is 29.8 Å². The summed E-state index contributed by atoms with van der Waals surface area (Å²) in [5.41, 5.74) is 0. The highest BCUT2D eigenvalue weighted by molar-refractivity contribution is 7.94. The first kappa shape index (κ1) is 12.9. The molecular formula is C8H8ClNO5S. The summed E-state index contributed by atoms with van der Waals surface area (Å²) < 4.78 is 20.5. The van der Waals surface area contributed by atoms with Crippen molar-refractivity contribution in [3.05, 3.63) is 40.4 Å². The van der Waals surface area contributed by atoms with Crippen molar-refractivity contribution >= 4 is 21.4 Å². The van der Waals surface area contributed by atoms with Crippen molar-refractivity contribution < 1.29 is 18.4 Å². The third kappa shape index (κ3) is 2.49. The molecule has 1 rings (SSSR count). The summed E-state index contributed by atoms with van der Waals surface area (Å²) in [5.74, 6) is 0. The van der Waals surface area contributed by atoms with Crippen LogP contribution in [0.2, 0.25) is 0 Å². The second kappa shape index (κ2) is 4.36. The van der Waals surface area contributed by atoms with E-state index in [1.165, 1.54) is 24.3 Å². The van der Waals surface area contributed by atoms with E-state index < -0.39 is 25.7 Å². The summed E-state index contributed by atoms with van der Waals surface area (Å²) in [6.45, 7) is -1.29. The molecule has 88 valence electrons. The fourth-order valence-corrected chi connectivity index (χ4v) is 2.54. The first-order valence-corrected chi connectivity index (χ1v) is 5.96. The molecule has 1 unspecified atom stereocenters. The standard InChI is InChI=1S/C8H8ClNO5S/c9-8(11,6-10(12)13)16(14,15)7-4-2-1-3-5-7/h1-5,11H,6H2. The topological polar surface area (TPSA) is 97.5 Å². The van der Waals surface area contributed by atoms with Gasteiger partial charge in [0.05, 0.1) is 4.90 Å². The molecule has 1 N–H and O–H groups in total.